The minimum Gasteiger partial charge on any atom is -0.493 e. The second kappa shape index (κ2) is 8.64. The Hall–Kier alpha value is -2.93. The molecule has 0 bridgehead atoms. The molecule has 0 aliphatic rings. The standard InChI is InChI=1S/C20H21N3O3S/c1-13-5-4-6-15(22-13)11-21-19(24)10-16-12-27-20(23-16)14-7-8-17(25-2)18(9-14)26-3/h4-9,12H,10-11H2,1-3H3,(H,21,24). The van der Waals surface area contributed by atoms with Crippen molar-refractivity contribution in [1.29, 1.82) is 0 Å². The lowest BCUT2D eigenvalue weighted by atomic mass is 10.2. The third-order valence-corrected chi connectivity index (χ3v) is 4.88. The van der Waals surface area contributed by atoms with E-state index < -0.39 is 0 Å². The Morgan fingerprint density at radius 3 is 2.63 bits per heavy atom. The molecule has 0 spiro atoms. The van der Waals surface area contributed by atoms with Crippen LogP contribution in [-0.2, 0) is 17.8 Å². The van der Waals surface area contributed by atoms with E-state index in [0.29, 0.717) is 18.0 Å². The molecule has 2 heterocycles. The summed E-state index contributed by atoms with van der Waals surface area (Å²) in [5.41, 5.74) is 3.43. The molecule has 0 unspecified atom stereocenters. The maximum atomic E-state index is 12.2. The normalized spacial score (nSPS) is 10.5. The number of benzene rings is 1. The summed E-state index contributed by atoms with van der Waals surface area (Å²) in [6.45, 7) is 2.34. The van der Waals surface area contributed by atoms with E-state index in [1.807, 2.05) is 48.7 Å². The van der Waals surface area contributed by atoms with E-state index in [4.69, 9.17) is 9.47 Å². The molecule has 1 N–H and O–H groups in total. The van der Waals surface area contributed by atoms with Crippen molar-refractivity contribution < 1.29 is 14.3 Å². The number of methoxy groups -OCH3 is 2. The van der Waals surface area contributed by atoms with Crippen LogP contribution < -0.4 is 14.8 Å². The molecule has 0 fully saturated rings. The molecule has 0 atom stereocenters. The van der Waals surface area contributed by atoms with Gasteiger partial charge in [-0.15, -0.1) is 11.3 Å². The number of hydrogen-bond donors (Lipinski definition) is 1. The minimum absolute atomic E-state index is 0.0810. The third-order valence-electron chi connectivity index (χ3n) is 3.94. The summed E-state index contributed by atoms with van der Waals surface area (Å²) in [5.74, 6) is 1.24. The van der Waals surface area contributed by atoms with Gasteiger partial charge in [-0.1, -0.05) is 6.07 Å². The van der Waals surface area contributed by atoms with E-state index in [1.54, 1.807) is 14.2 Å². The Kier molecular flexibility index (Phi) is 6.03. The van der Waals surface area contributed by atoms with E-state index >= 15 is 0 Å². The van der Waals surface area contributed by atoms with Crippen LogP contribution in [0.15, 0.2) is 41.8 Å². The molecule has 3 rings (SSSR count). The maximum Gasteiger partial charge on any atom is 0.226 e. The van der Waals surface area contributed by atoms with Crippen molar-refractivity contribution in [3.63, 3.8) is 0 Å². The quantitative estimate of drug-likeness (QED) is 0.677. The number of hydrogen-bond acceptors (Lipinski definition) is 6. The number of ether oxygens (including phenoxy) is 2. The predicted molar refractivity (Wildman–Crippen MR) is 105 cm³/mol. The summed E-state index contributed by atoms with van der Waals surface area (Å²) < 4.78 is 10.6. The largest absolute Gasteiger partial charge is 0.493 e. The topological polar surface area (TPSA) is 73.3 Å². The number of aryl methyl sites for hydroxylation is 1. The van der Waals surface area contributed by atoms with Crippen molar-refractivity contribution in [1.82, 2.24) is 15.3 Å². The highest BCUT2D eigenvalue weighted by Crippen LogP contribution is 2.33. The summed E-state index contributed by atoms with van der Waals surface area (Å²) in [6.07, 6.45) is 0.232. The molecular weight excluding hydrogens is 362 g/mol. The molecular formula is C20H21N3O3S. The maximum absolute atomic E-state index is 12.2. The summed E-state index contributed by atoms with van der Waals surface area (Å²) in [7, 11) is 3.20. The highest BCUT2D eigenvalue weighted by atomic mass is 32.1. The molecule has 0 radical (unpaired) electrons. The first kappa shape index (κ1) is 18.8. The number of carbonyl (C=O) groups is 1. The first-order valence-corrected chi connectivity index (χ1v) is 9.33. The molecule has 7 heteroatoms. The first-order valence-electron chi connectivity index (χ1n) is 8.45. The van der Waals surface area contributed by atoms with Gasteiger partial charge in [0.1, 0.15) is 5.01 Å². The van der Waals surface area contributed by atoms with E-state index in [-0.39, 0.29) is 12.3 Å². The van der Waals surface area contributed by atoms with Gasteiger partial charge in [-0.25, -0.2) is 4.98 Å². The smallest absolute Gasteiger partial charge is 0.226 e. The Labute approximate surface area is 162 Å². The van der Waals surface area contributed by atoms with Gasteiger partial charge < -0.3 is 14.8 Å². The van der Waals surface area contributed by atoms with Crippen molar-refractivity contribution >= 4 is 17.2 Å². The molecule has 0 aliphatic heterocycles. The van der Waals surface area contributed by atoms with Crippen molar-refractivity contribution in [2.75, 3.05) is 14.2 Å². The number of nitrogens with one attached hydrogen (secondary N) is 1. The second-order valence-electron chi connectivity index (χ2n) is 5.94. The van der Waals surface area contributed by atoms with Gasteiger partial charge in [0.15, 0.2) is 11.5 Å². The van der Waals surface area contributed by atoms with Crippen molar-refractivity contribution in [2.24, 2.45) is 0 Å². The summed E-state index contributed by atoms with van der Waals surface area (Å²) in [4.78, 5) is 21.1. The minimum atomic E-state index is -0.0810. The second-order valence-corrected chi connectivity index (χ2v) is 6.80. The van der Waals surface area contributed by atoms with E-state index in [1.165, 1.54) is 11.3 Å². The van der Waals surface area contributed by atoms with E-state index in [0.717, 1.165) is 27.7 Å². The van der Waals surface area contributed by atoms with Crippen LogP contribution >= 0.6 is 11.3 Å². The lowest BCUT2D eigenvalue weighted by molar-refractivity contribution is -0.120. The predicted octanol–water partition coefficient (Wildman–Crippen LogP) is 3.39. The zero-order chi connectivity index (χ0) is 19.2. The Bertz CT molecular complexity index is 940. The van der Waals surface area contributed by atoms with Crippen LogP contribution in [0.3, 0.4) is 0 Å². The Morgan fingerprint density at radius 2 is 1.89 bits per heavy atom. The van der Waals surface area contributed by atoms with E-state index in [9.17, 15) is 4.79 Å². The molecule has 0 saturated carbocycles. The van der Waals surface area contributed by atoms with Gasteiger partial charge >= 0.3 is 0 Å². The van der Waals surface area contributed by atoms with Crippen LogP contribution in [0.25, 0.3) is 10.6 Å². The zero-order valence-corrected chi connectivity index (χ0v) is 16.3. The number of nitrogens with zero attached hydrogens (tertiary/aromatic N) is 2. The molecule has 1 aromatic carbocycles. The van der Waals surface area contributed by atoms with Gasteiger partial charge in [-0.05, 0) is 37.3 Å². The lowest BCUT2D eigenvalue weighted by Crippen LogP contribution is -2.25. The average molecular weight is 383 g/mol. The Balaban J connectivity index is 1.63. The van der Waals surface area contributed by atoms with Crippen LogP contribution in [0.2, 0.25) is 0 Å². The SMILES string of the molecule is COc1ccc(-c2nc(CC(=O)NCc3cccc(C)n3)cs2)cc1OC. The monoisotopic (exact) mass is 383 g/mol. The summed E-state index contributed by atoms with van der Waals surface area (Å²) in [6, 6.07) is 11.4. The van der Waals surface area contributed by atoms with Crippen molar-refractivity contribution in [3.8, 4) is 22.1 Å². The summed E-state index contributed by atoms with van der Waals surface area (Å²) in [5, 5.41) is 5.62. The molecule has 1 amide bonds. The van der Waals surface area contributed by atoms with Crippen molar-refractivity contribution in [3.05, 3.63) is 58.9 Å². The van der Waals surface area contributed by atoms with Crippen molar-refractivity contribution in [2.45, 2.75) is 19.9 Å². The molecule has 0 saturated heterocycles. The average Bonchev–Trinajstić information content (AvgIpc) is 3.14. The van der Waals surface area contributed by atoms with Gasteiger partial charge in [-0.2, -0.15) is 0 Å². The van der Waals surface area contributed by atoms with Gasteiger partial charge in [-0.3, -0.25) is 9.78 Å². The lowest BCUT2D eigenvalue weighted by Gasteiger charge is -2.08. The van der Waals surface area contributed by atoms with Gasteiger partial charge in [0.05, 0.1) is 38.6 Å². The number of amides is 1. The van der Waals surface area contributed by atoms with Gasteiger partial charge in [0, 0.05) is 16.6 Å². The molecule has 27 heavy (non-hydrogen) atoms. The number of pyridine rings is 1. The van der Waals surface area contributed by atoms with Gasteiger partial charge in [0.2, 0.25) is 5.91 Å². The third kappa shape index (κ3) is 4.83. The van der Waals surface area contributed by atoms with Crippen LogP contribution in [-0.4, -0.2) is 30.1 Å². The van der Waals surface area contributed by atoms with Crippen LogP contribution in [0.1, 0.15) is 17.1 Å². The number of carbonyl (C=O) groups excluding carboxylic acids is 1. The molecule has 0 aliphatic carbocycles. The fourth-order valence-corrected chi connectivity index (χ4v) is 3.42. The van der Waals surface area contributed by atoms with E-state index in [2.05, 4.69) is 15.3 Å². The number of aromatic nitrogens is 2. The number of rotatable bonds is 7. The number of thiazole rings is 1. The fraction of sp³-hybridized carbons (Fsp3) is 0.250. The highest BCUT2D eigenvalue weighted by molar-refractivity contribution is 7.13. The van der Waals surface area contributed by atoms with Crippen LogP contribution in [0.4, 0.5) is 0 Å². The molecule has 3 aromatic rings. The van der Waals surface area contributed by atoms with Crippen LogP contribution in [0.5, 0.6) is 11.5 Å². The fourth-order valence-electron chi connectivity index (χ4n) is 2.60. The molecule has 6 nitrogen and oxygen atoms in total. The first-order chi connectivity index (χ1) is 13.1. The van der Waals surface area contributed by atoms with Gasteiger partial charge in [0.25, 0.3) is 0 Å². The molecule has 140 valence electrons. The summed E-state index contributed by atoms with van der Waals surface area (Å²) >= 11 is 1.49. The zero-order valence-electron chi connectivity index (χ0n) is 15.5. The molecule has 2 aromatic heterocycles. The Morgan fingerprint density at radius 1 is 1.07 bits per heavy atom. The van der Waals surface area contributed by atoms with Crippen LogP contribution in [0, 0.1) is 6.92 Å². The highest BCUT2D eigenvalue weighted by Gasteiger charge is 2.12.